The Morgan fingerprint density at radius 1 is 1.17 bits per heavy atom. The molecule has 2 aromatic heterocycles. The fourth-order valence-corrected chi connectivity index (χ4v) is 3.63. The van der Waals surface area contributed by atoms with Crippen LogP contribution in [0.4, 0.5) is 5.82 Å². The van der Waals surface area contributed by atoms with Gasteiger partial charge in [0.05, 0.1) is 12.4 Å². The Hall–Kier alpha value is -2.44. The zero-order valence-electron chi connectivity index (χ0n) is 13.7. The second-order valence-electron chi connectivity index (χ2n) is 6.56. The molecule has 0 aromatic carbocycles. The van der Waals surface area contributed by atoms with E-state index in [1.807, 2.05) is 11.0 Å². The SMILES string of the molecule is O=C(c1cncc(N2CCC[C@H](c3ccn[nH]3)C2)n1)N1CCCC1. The summed E-state index contributed by atoms with van der Waals surface area (Å²) in [6, 6.07) is 2.03. The Bertz CT molecular complexity index is 695. The van der Waals surface area contributed by atoms with E-state index < -0.39 is 0 Å². The molecule has 2 aromatic rings. The van der Waals surface area contributed by atoms with E-state index >= 15 is 0 Å². The Kier molecular flexibility index (Phi) is 4.15. The van der Waals surface area contributed by atoms with E-state index in [0.717, 1.165) is 63.4 Å². The highest BCUT2D eigenvalue weighted by atomic mass is 16.2. The maximum absolute atomic E-state index is 12.5. The van der Waals surface area contributed by atoms with Crippen molar-refractivity contribution in [1.29, 1.82) is 0 Å². The van der Waals surface area contributed by atoms with Crippen LogP contribution in [0.1, 0.15) is 47.8 Å². The van der Waals surface area contributed by atoms with E-state index in [0.29, 0.717) is 11.6 Å². The number of likely N-dealkylation sites (tertiary alicyclic amines) is 1. The number of rotatable bonds is 3. The van der Waals surface area contributed by atoms with Gasteiger partial charge in [0.2, 0.25) is 0 Å². The first-order valence-corrected chi connectivity index (χ1v) is 8.67. The number of aromatic amines is 1. The number of carbonyl (C=O) groups excluding carboxylic acids is 1. The third-order valence-corrected chi connectivity index (χ3v) is 4.94. The molecule has 1 amide bonds. The number of H-pyrrole nitrogens is 1. The summed E-state index contributed by atoms with van der Waals surface area (Å²) < 4.78 is 0. The largest absolute Gasteiger partial charge is 0.355 e. The third kappa shape index (κ3) is 2.98. The number of nitrogens with zero attached hydrogens (tertiary/aromatic N) is 5. The molecular formula is C17H22N6O. The van der Waals surface area contributed by atoms with Crippen molar-refractivity contribution >= 4 is 11.7 Å². The zero-order chi connectivity index (χ0) is 16.4. The molecule has 1 N–H and O–H groups in total. The molecule has 0 aliphatic carbocycles. The molecule has 0 unspecified atom stereocenters. The first-order valence-electron chi connectivity index (χ1n) is 8.67. The summed E-state index contributed by atoms with van der Waals surface area (Å²) >= 11 is 0. The number of carbonyl (C=O) groups is 1. The van der Waals surface area contributed by atoms with Crippen molar-refractivity contribution in [3.05, 3.63) is 36.0 Å². The van der Waals surface area contributed by atoms with Crippen LogP contribution in [0.2, 0.25) is 0 Å². The maximum atomic E-state index is 12.5. The van der Waals surface area contributed by atoms with E-state index in [2.05, 4.69) is 25.1 Å². The number of hydrogen-bond acceptors (Lipinski definition) is 5. The minimum atomic E-state index is 0.00368. The molecule has 4 rings (SSSR count). The second-order valence-corrected chi connectivity index (χ2v) is 6.56. The average Bonchev–Trinajstić information content (AvgIpc) is 3.35. The van der Waals surface area contributed by atoms with Gasteiger partial charge in [-0.25, -0.2) is 4.98 Å². The smallest absolute Gasteiger partial charge is 0.274 e. The van der Waals surface area contributed by atoms with Gasteiger partial charge in [-0.15, -0.1) is 0 Å². The van der Waals surface area contributed by atoms with Gasteiger partial charge in [-0.3, -0.25) is 14.9 Å². The minimum absolute atomic E-state index is 0.00368. The van der Waals surface area contributed by atoms with Gasteiger partial charge in [0.1, 0.15) is 11.5 Å². The molecule has 2 fully saturated rings. The predicted octanol–water partition coefficient (Wildman–Crippen LogP) is 1.82. The Balaban J connectivity index is 1.51. The maximum Gasteiger partial charge on any atom is 0.274 e. The van der Waals surface area contributed by atoms with Gasteiger partial charge in [-0.1, -0.05) is 0 Å². The lowest BCUT2D eigenvalue weighted by Gasteiger charge is -2.33. The summed E-state index contributed by atoms with van der Waals surface area (Å²) in [5, 5.41) is 7.13. The fourth-order valence-electron chi connectivity index (χ4n) is 3.63. The van der Waals surface area contributed by atoms with Crippen molar-refractivity contribution in [2.75, 3.05) is 31.1 Å². The van der Waals surface area contributed by atoms with Crippen molar-refractivity contribution in [2.24, 2.45) is 0 Å². The summed E-state index contributed by atoms with van der Waals surface area (Å²) in [7, 11) is 0. The molecule has 0 spiro atoms. The number of amides is 1. The summed E-state index contributed by atoms with van der Waals surface area (Å²) in [6.07, 6.45) is 9.53. The predicted molar refractivity (Wildman–Crippen MR) is 89.9 cm³/mol. The van der Waals surface area contributed by atoms with Gasteiger partial charge in [0.15, 0.2) is 0 Å². The molecule has 7 heteroatoms. The molecule has 24 heavy (non-hydrogen) atoms. The average molecular weight is 326 g/mol. The summed E-state index contributed by atoms with van der Waals surface area (Å²) in [6.45, 7) is 3.48. The summed E-state index contributed by atoms with van der Waals surface area (Å²) in [4.78, 5) is 25.5. The molecule has 7 nitrogen and oxygen atoms in total. The van der Waals surface area contributed by atoms with Crippen molar-refractivity contribution in [1.82, 2.24) is 25.1 Å². The van der Waals surface area contributed by atoms with Crippen LogP contribution in [0.15, 0.2) is 24.7 Å². The van der Waals surface area contributed by atoms with Crippen LogP contribution in [0.3, 0.4) is 0 Å². The standard InChI is InChI=1S/C17H22N6O/c24-17(22-7-1-2-8-22)15-10-18-11-16(20-15)23-9-3-4-13(12-23)14-5-6-19-21-14/h5-6,10-11,13H,1-4,7-9,12H2,(H,19,21)/t13-/m0/s1. The normalized spacial score (nSPS) is 21.2. The lowest BCUT2D eigenvalue weighted by atomic mass is 9.95. The van der Waals surface area contributed by atoms with Crippen molar-refractivity contribution in [3.63, 3.8) is 0 Å². The van der Waals surface area contributed by atoms with Crippen molar-refractivity contribution < 1.29 is 4.79 Å². The van der Waals surface area contributed by atoms with Gasteiger partial charge in [-0.05, 0) is 31.7 Å². The van der Waals surface area contributed by atoms with Gasteiger partial charge in [0, 0.05) is 44.0 Å². The van der Waals surface area contributed by atoms with E-state index in [1.165, 1.54) is 0 Å². The molecule has 2 aliphatic heterocycles. The first kappa shape index (κ1) is 15.1. The molecular weight excluding hydrogens is 304 g/mol. The van der Waals surface area contributed by atoms with Crippen LogP contribution < -0.4 is 4.90 Å². The Morgan fingerprint density at radius 3 is 2.83 bits per heavy atom. The summed E-state index contributed by atoms with van der Waals surface area (Å²) in [5.41, 5.74) is 1.62. The molecule has 1 atom stereocenters. The van der Waals surface area contributed by atoms with Crippen LogP contribution in [-0.4, -0.2) is 57.2 Å². The molecule has 126 valence electrons. The van der Waals surface area contributed by atoms with Crippen molar-refractivity contribution in [3.8, 4) is 0 Å². The highest BCUT2D eigenvalue weighted by Crippen LogP contribution is 2.27. The van der Waals surface area contributed by atoms with Crippen molar-refractivity contribution in [2.45, 2.75) is 31.6 Å². The Labute approximate surface area is 141 Å². The van der Waals surface area contributed by atoms with Gasteiger partial charge in [-0.2, -0.15) is 5.10 Å². The molecule has 2 saturated heterocycles. The Morgan fingerprint density at radius 2 is 2.04 bits per heavy atom. The van der Waals surface area contributed by atoms with Crippen LogP contribution in [0.5, 0.6) is 0 Å². The first-order chi connectivity index (χ1) is 11.8. The number of hydrogen-bond donors (Lipinski definition) is 1. The van der Waals surface area contributed by atoms with Gasteiger partial charge < -0.3 is 9.80 Å². The van der Waals surface area contributed by atoms with Gasteiger partial charge >= 0.3 is 0 Å². The van der Waals surface area contributed by atoms with Crippen LogP contribution in [0.25, 0.3) is 0 Å². The molecule has 0 radical (unpaired) electrons. The number of piperidine rings is 1. The topological polar surface area (TPSA) is 78.0 Å². The van der Waals surface area contributed by atoms with E-state index in [-0.39, 0.29) is 5.91 Å². The number of nitrogens with one attached hydrogen (secondary N) is 1. The number of aromatic nitrogens is 4. The van der Waals surface area contributed by atoms with E-state index in [9.17, 15) is 4.79 Å². The fraction of sp³-hybridized carbons (Fsp3) is 0.529. The molecule has 2 aliphatic rings. The van der Waals surface area contributed by atoms with Crippen LogP contribution in [0, 0.1) is 0 Å². The quantitative estimate of drug-likeness (QED) is 0.931. The second kappa shape index (κ2) is 6.59. The van der Waals surface area contributed by atoms with Crippen LogP contribution in [-0.2, 0) is 0 Å². The molecule has 0 saturated carbocycles. The highest BCUT2D eigenvalue weighted by Gasteiger charge is 2.25. The highest BCUT2D eigenvalue weighted by molar-refractivity contribution is 5.92. The lowest BCUT2D eigenvalue weighted by molar-refractivity contribution is 0.0786. The monoisotopic (exact) mass is 326 g/mol. The third-order valence-electron chi connectivity index (χ3n) is 4.94. The lowest BCUT2D eigenvalue weighted by Crippen LogP contribution is -2.36. The van der Waals surface area contributed by atoms with Gasteiger partial charge in [0.25, 0.3) is 5.91 Å². The molecule has 4 heterocycles. The zero-order valence-corrected chi connectivity index (χ0v) is 13.7. The van der Waals surface area contributed by atoms with Crippen LogP contribution >= 0.6 is 0 Å². The minimum Gasteiger partial charge on any atom is -0.355 e. The summed E-state index contributed by atoms with van der Waals surface area (Å²) in [5.74, 6) is 1.22. The molecule has 0 bridgehead atoms. The number of anilines is 1. The van der Waals surface area contributed by atoms with E-state index in [1.54, 1.807) is 18.6 Å². The van der Waals surface area contributed by atoms with E-state index in [4.69, 9.17) is 0 Å².